The Labute approximate surface area is 208 Å². The minimum atomic E-state index is -2.86. The first-order valence-corrected chi connectivity index (χ1v) is 16.3. The molecule has 0 rings (SSSR count). The molecule has 0 aliphatic heterocycles. The summed E-state index contributed by atoms with van der Waals surface area (Å²) in [5.74, 6) is 0. The Morgan fingerprint density at radius 2 is 1.03 bits per heavy atom. The van der Waals surface area contributed by atoms with Crippen LogP contribution in [0.5, 0.6) is 0 Å². The molecular formula is C27H60N2O3Si. The molecule has 0 bridgehead atoms. The summed E-state index contributed by atoms with van der Waals surface area (Å²) >= 11 is 0. The Morgan fingerprint density at radius 1 is 0.636 bits per heavy atom. The Hall–Kier alpha value is 0.0169. The van der Waals surface area contributed by atoms with Gasteiger partial charge in [0, 0.05) is 13.2 Å². The van der Waals surface area contributed by atoms with Crippen LogP contribution in [0.1, 0.15) is 144 Å². The van der Waals surface area contributed by atoms with E-state index in [1.54, 1.807) is 0 Å². The Kier molecular flexibility index (Phi) is 23.8. The average molecular weight is 489 g/mol. The van der Waals surface area contributed by atoms with E-state index in [9.17, 15) is 0 Å². The van der Waals surface area contributed by atoms with Gasteiger partial charge in [-0.2, -0.15) is 0 Å². The van der Waals surface area contributed by atoms with Crippen LogP contribution in [0, 0.1) is 0 Å². The lowest BCUT2D eigenvalue weighted by Gasteiger charge is -2.35. The highest BCUT2D eigenvalue weighted by Gasteiger charge is 2.48. The molecule has 0 saturated heterocycles. The number of unbranched alkanes of at least 4 members (excludes halogenated alkanes) is 15. The number of hydrogen-bond donors (Lipinski definition) is 2. The molecule has 2 unspecified atom stereocenters. The topological polar surface area (TPSA) is 65.7 Å². The lowest BCUT2D eigenvalue weighted by atomic mass is 10.0. The standard InChI is InChI=1S/C27H60N2O3Si/c1-6-10-11-12-13-14-15-16-17-18-19-20-21-22-23-24-25-29-26(5)32-33(30-8-3,31-9-4)27(28)7-2/h26-27,29H,6-25,28H2,1-5H3. The molecule has 0 aliphatic rings. The molecule has 0 heterocycles. The summed E-state index contributed by atoms with van der Waals surface area (Å²) in [6, 6.07) is 0. The van der Waals surface area contributed by atoms with Crippen LogP contribution in [0.25, 0.3) is 0 Å². The van der Waals surface area contributed by atoms with E-state index in [0.717, 1.165) is 13.0 Å². The SMILES string of the molecule is CCCCCCCCCCCCCCCCCCNC(C)O[Si](OCC)(OCC)C(N)CC. The molecule has 0 aliphatic carbocycles. The van der Waals surface area contributed by atoms with Gasteiger partial charge in [-0.25, -0.2) is 0 Å². The lowest BCUT2D eigenvalue weighted by Crippen LogP contribution is -2.62. The third kappa shape index (κ3) is 18.0. The Morgan fingerprint density at radius 3 is 1.39 bits per heavy atom. The molecule has 0 spiro atoms. The summed E-state index contributed by atoms with van der Waals surface area (Å²) in [4.78, 5) is 0. The maximum Gasteiger partial charge on any atom is 0.519 e. The lowest BCUT2D eigenvalue weighted by molar-refractivity contribution is 0.0189. The first kappa shape index (κ1) is 33.0. The largest absolute Gasteiger partial charge is 0.519 e. The fraction of sp³-hybridized carbons (Fsp3) is 1.00. The van der Waals surface area contributed by atoms with Gasteiger partial charge in [0.2, 0.25) is 0 Å². The van der Waals surface area contributed by atoms with Crippen molar-refractivity contribution in [2.75, 3.05) is 19.8 Å². The molecule has 0 radical (unpaired) electrons. The van der Waals surface area contributed by atoms with Gasteiger partial charge in [0.05, 0.1) is 11.9 Å². The van der Waals surface area contributed by atoms with Gasteiger partial charge in [-0.15, -0.1) is 0 Å². The Bertz CT molecular complexity index is 396. The van der Waals surface area contributed by atoms with E-state index >= 15 is 0 Å². The van der Waals surface area contributed by atoms with E-state index in [2.05, 4.69) is 19.2 Å². The van der Waals surface area contributed by atoms with Crippen molar-refractivity contribution in [2.24, 2.45) is 5.73 Å². The van der Waals surface area contributed by atoms with Crippen LogP contribution in [0.3, 0.4) is 0 Å². The monoisotopic (exact) mass is 488 g/mol. The summed E-state index contributed by atoms with van der Waals surface area (Å²) in [6.45, 7) is 12.4. The third-order valence-electron chi connectivity index (χ3n) is 6.39. The van der Waals surface area contributed by atoms with Gasteiger partial charge in [0.25, 0.3) is 0 Å². The predicted octanol–water partition coefficient (Wildman–Crippen LogP) is 7.49. The second-order valence-electron chi connectivity index (χ2n) is 9.50. The zero-order chi connectivity index (χ0) is 24.6. The van der Waals surface area contributed by atoms with Crippen LogP contribution in [-0.4, -0.2) is 40.5 Å². The smallest absolute Gasteiger partial charge is 0.373 e. The minimum Gasteiger partial charge on any atom is -0.373 e. The van der Waals surface area contributed by atoms with Crippen molar-refractivity contribution in [3.63, 3.8) is 0 Å². The van der Waals surface area contributed by atoms with Crippen molar-refractivity contribution < 1.29 is 13.3 Å². The van der Waals surface area contributed by atoms with Gasteiger partial charge in [0.1, 0.15) is 0 Å². The number of hydrogen-bond acceptors (Lipinski definition) is 5. The number of rotatable bonds is 26. The van der Waals surface area contributed by atoms with Crippen molar-refractivity contribution in [3.05, 3.63) is 0 Å². The molecule has 3 N–H and O–H groups in total. The van der Waals surface area contributed by atoms with Crippen LogP contribution < -0.4 is 11.1 Å². The number of nitrogens with two attached hydrogens (primary N) is 1. The highest BCUT2D eigenvalue weighted by Crippen LogP contribution is 2.18. The maximum absolute atomic E-state index is 6.33. The summed E-state index contributed by atoms with van der Waals surface area (Å²) in [7, 11) is -2.86. The van der Waals surface area contributed by atoms with Gasteiger partial charge < -0.3 is 19.0 Å². The molecule has 2 atom stereocenters. The van der Waals surface area contributed by atoms with Crippen molar-refractivity contribution in [3.8, 4) is 0 Å². The van der Waals surface area contributed by atoms with Crippen LogP contribution in [0.15, 0.2) is 0 Å². The zero-order valence-electron chi connectivity index (χ0n) is 23.1. The van der Waals surface area contributed by atoms with Crippen molar-refractivity contribution >= 4 is 8.80 Å². The fourth-order valence-electron chi connectivity index (χ4n) is 4.33. The normalized spacial score (nSPS) is 14.0. The van der Waals surface area contributed by atoms with Gasteiger partial charge in [-0.05, 0) is 40.2 Å². The van der Waals surface area contributed by atoms with E-state index in [1.165, 1.54) is 103 Å². The maximum atomic E-state index is 6.33. The van der Waals surface area contributed by atoms with Gasteiger partial charge in [0.15, 0.2) is 0 Å². The van der Waals surface area contributed by atoms with E-state index in [-0.39, 0.29) is 11.9 Å². The highest BCUT2D eigenvalue weighted by atomic mass is 28.4. The van der Waals surface area contributed by atoms with Crippen LogP contribution >= 0.6 is 0 Å². The average Bonchev–Trinajstić information content (AvgIpc) is 2.80. The molecule has 0 aromatic heterocycles. The summed E-state index contributed by atoms with van der Waals surface area (Å²) < 4.78 is 18.2. The summed E-state index contributed by atoms with van der Waals surface area (Å²) in [6.07, 6.45) is 23.0. The van der Waals surface area contributed by atoms with Crippen molar-refractivity contribution in [2.45, 2.75) is 156 Å². The van der Waals surface area contributed by atoms with Gasteiger partial charge >= 0.3 is 8.80 Å². The van der Waals surface area contributed by atoms with Crippen LogP contribution in [0.4, 0.5) is 0 Å². The summed E-state index contributed by atoms with van der Waals surface area (Å²) in [5, 5.41) is 3.48. The first-order valence-electron chi connectivity index (χ1n) is 14.5. The fourth-order valence-corrected chi connectivity index (χ4v) is 7.03. The van der Waals surface area contributed by atoms with Gasteiger partial charge in [-0.3, -0.25) is 5.32 Å². The van der Waals surface area contributed by atoms with Crippen LogP contribution in [-0.2, 0) is 13.3 Å². The highest BCUT2D eigenvalue weighted by molar-refractivity contribution is 6.62. The molecule has 0 saturated carbocycles. The van der Waals surface area contributed by atoms with Crippen molar-refractivity contribution in [1.29, 1.82) is 0 Å². The molecule has 33 heavy (non-hydrogen) atoms. The van der Waals surface area contributed by atoms with Crippen LogP contribution in [0.2, 0.25) is 0 Å². The zero-order valence-corrected chi connectivity index (χ0v) is 24.1. The minimum absolute atomic E-state index is 0.108. The molecule has 200 valence electrons. The third-order valence-corrected chi connectivity index (χ3v) is 9.77. The molecule has 0 aromatic rings. The first-order chi connectivity index (χ1) is 16.1. The second kappa shape index (κ2) is 23.7. The molecule has 6 heteroatoms. The second-order valence-corrected chi connectivity index (χ2v) is 12.3. The summed E-state index contributed by atoms with van der Waals surface area (Å²) in [5.41, 5.74) is 6.14. The predicted molar refractivity (Wildman–Crippen MR) is 145 cm³/mol. The van der Waals surface area contributed by atoms with E-state index in [1.807, 2.05) is 20.8 Å². The van der Waals surface area contributed by atoms with E-state index < -0.39 is 8.80 Å². The number of nitrogens with one attached hydrogen (secondary N) is 1. The van der Waals surface area contributed by atoms with Crippen molar-refractivity contribution in [1.82, 2.24) is 5.32 Å². The molecule has 0 fully saturated rings. The van der Waals surface area contributed by atoms with E-state index in [4.69, 9.17) is 19.0 Å². The molecular weight excluding hydrogens is 428 g/mol. The van der Waals surface area contributed by atoms with E-state index in [0.29, 0.717) is 13.2 Å². The quantitative estimate of drug-likeness (QED) is 0.0750. The molecule has 5 nitrogen and oxygen atoms in total. The molecule has 0 amide bonds. The van der Waals surface area contributed by atoms with Gasteiger partial charge in [-0.1, -0.05) is 110 Å². The Balaban J connectivity index is 3.65. The molecule has 0 aromatic carbocycles.